The minimum absolute atomic E-state index is 0.0964. The fraction of sp³-hybridized carbons (Fsp3) is 0.357. The lowest BCUT2D eigenvalue weighted by atomic mass is 9.90. The van der Waals surface area contributed by atoms with Crippen LogP contribution in [0.15, 0.2) is 59.4 Å². The van der Waals surface area contributed by atoms with E-state index in [9.17, 15) is 14.4 Å². The van der Waals surface area contributed by atoms with Gasteiger partial charge in [0.05, 0.1) is 11.5 Å². The Morgan fingerprint density at radius 1 is 1.03 bits per heavy atom. The zero-order chi connectivity index (χ0) is 25.1. The smallest absolute Gasteiger partial charge is 0.258 e. The molecule has 0 saturated carbocycles. The molecule has 3 N–H and O–H groups in total. The lowest BCUT2D eigenvalue weighted by molar-refractivity contribution is -0.123. The number of nitrogens with one attached hydrogen (secondary N) is 3. The molecule has 8 heteroatoms. The molecule has 1 saturated heterocycles. The molecule has 1 unspecified atom stereocenters. The Morgan fingerprint density at radius 3 is 2.44 bits per heavy atom. The molecule has 0 radical (unpaired) electrons. The molecule has 3 heterocycles. The fourth-order valence-corrected chi connectivity index (χ4v) is 5.08. The van der Waals surface area contributed by atoms with E-state index in [2.05, 4.69) is 51.8 Å². The van der Waals surface area contributed by atoms with Crippen LogP contribution < -0.4 is 21.1 Å². The summed E-state index contributed by atoms with van der Waals surface area (Å²) in [7, 11) is 0. The average Bonchev–Trinajstić information content (AvgIpc) is 2.89. The van der Waals surface area contributed by atoms with Crippen molar-refractivity contribution in [3.63, 3.8) is 0 Å². The number of aryl methyl sites for hydroxylation is 1. The second-order valence-electron chi connectivity index (χ2n) is 9.62. The number of benzene rings is 2. The number of hydrogen-bond donors (Lipinski definition) is 3. The van der Waals surface area contributed by atoms with E-state index in [4.69, 9.17) is 0 Å². The van der Waals surface area contributed by atoms with Gasteiger partial charge in [-0.1, -0.05) is 49.4 Å². The highest BCUT2D eigenvalue weighted by molar-refractivity contribution is 6.04. The fourth-order valence-electron chi connectivity index (χ4n) is 5.08. The van der Waals surface area contributed by atoms with Crippen LogP contribution >= 0.6 is 0 Å². The largest absolute Gasteiger partial charge is 0.342 e. The molecule has 186 valence electrons. The first-order valence-corrected chi connectivity index (χ1v) is 12.6. The molecule has 0 aliphatic carbocycles. The predicted molar refractivity (Wildman–Crippen MR) is 140 cm³/mol. The Balaban J connectivity index is 1.30. The number of hydrogen-bond acceptors (Lipinski definition) is 5. The van der Waals surface area contributed by atoms with Gasteiger partial charge < -0.3 is 15.5 Å². The Hall–Kier alpha value is -3.94. The summed E-state index contributed by atoms with van der Waals surface area (Å²) in [6.07, 6.45) is 3.82. The zero-order valence-corrected chi connectivity index (χ0v) is 20.4. The molecule has 1 atom stereocenters. The first kappa shape index (κ1) is 23.8. The van der Waals surface area contributed by atoms with Gasteiger partial charge in [-0.15, -0.1) is 0 Å². The van der Waals surface area contributed by atoms with Crippen LogP contribution in [0.4, 0.5) is 17.5 Å². The van der Waals surface area contributed by atoms with Crippen molar-refractivity contribution in [1.29, 1.82) is 0 Å². The SMILES string of the molecule is CCc1ccc(NC(=O)C2CC(=O)Nc3nc(N4CCC(Cc5ccccc5)CC4)[nH]c(=O)c32)cc1. The van der Waals surface area contributed by atoms with Gasteiger partial charge in [0.1, 0.15) is 5.82 Å². The number of aromatic nitrogens is 2. The van der Waals surface area contributed by atoms with E-state index in [1.165, 1.54) is 5.56 Å². The van der Waals surface area contributed by atoms with Crippen molar-refractivity contribution in [3.05, 3.63) is 81.6 Å². The van der Waals surface area contributed by atoms with E-state index < -0.39 is 11.8 Å². The van der Waals surface area contributed by atoms with Crippen molar-refractivity contribution in [1.82, 2.24) is 9.97 Å². The Morgan fingerprint density at radius 2 is 1.75 bits per heavy atom. The summed E-state index contributed by atoms with van der Waals surface area (Å²) < 4.78 is 0. The maximum Gasteiger partial charge on any atom is 0.258 e. The quantitative estimate of drug-likeness (QED) is 0.492. The van der Waals surface area contributed by atoms with Gasteiger partial charge in [-0.3, -0.25) is 19.4 Å². The van der Waals surface area contributed by atoms with Crippen LogP contribution in [0.25, 0.3) is 0 Å². The van der Waals surface area contributed by atoms with Crippen molar-refractivity contribution in [2.24, 2.45) is 5.92 Å². The zero-order valence-electron chi connectivity index (χ0n) is 20.4. The third kappa shape index (κ3) is 5.17. The first-order valence-electron chi connectivity index (χ1n) is 12.6. The van der Waals surface area contributed by atoms with Crippen LogP contribution in [0.3, 0.4) is 0 Å². The number of amides is 2. The van der Waals surface area contributed by atoms with Crippen LogP contribution in [0, 0.1) is 5.92 Å². The van der Waals surface area contributed by atoms with Crippen molar-refractivity contribution in [3.8, 4) is 0 Å². The van der Waals surface area contributed by atoms with Crippen LogP contribution in [0.1, 0.15) is 48.8 Å². The number of carbonyl (C=O) groups is 2. The lowest BCUT2D eigenvalue weighted by Crippen LogP contribution is -2.40. The van der Waals surface area contributed by atoms with Crippen molar-refractivity contribution >= 4 is 29.3 Å². The molecule has 36 heavy (non-hydrogen) atoms. The minimum atomic E-state index is -0.901. The van der Waals surface area contributed by atoms with E-state index in [1.807, 2.05) is 35.2 Å². The Kier molecular flexibility index (Phi) is 6.84. The molecule has 1 fully saturated rings. The number of anilines is 3. The maximum absolute atomic E-state index is 13.1. The number of aromatic amines is 1. The van der Waals surface area contributed by atoms with Crippen molar-refractivity contribution in [2.45, 2.75) is 44.9 Å². The van der Waals surface area contributed by atoms with Crippen LogP contribution in [0.5, 0.6) is 0 Å². The van der Waals surface area contributed by atoms with Gasteiger partial charge in [0.2, 0.25) is 17.8 Å². The molecule has 2 aliphatic heterocycles. The number of H-pyrrole nitrogens is 1. The number of nitrogens with zero attached hydrogens (tertiary/aromatic N) is 2. The third-order valence-corrected chi connectivity index (χ3v) is 7.17. The van der Waals surface area contributed by atoms with E-state index in [0.717, 1.165) is 44.3 Å². The van der Waals surface area contributed by atoms with Gasteiger partial charge in [-0.05, 0) is 54.9 Å². The summed E-state index contributed by atoms with van der Waals surface area (Å²) in [6, 6.07) is 18.0. The standard InChI is InChI=1S/C28H31N5O3/c1-2-18-8-10-21(11-9-18)29-26(35)22-17-23(34)30-25-24(22)27(36)32-28(31-25)33-14-12-20(13-15-33)16-19-6-4-3-5-7-19/h3-11,20,22H,2,12-17H2,1H3,(H,29,35)(H2,30,31,32,34,36). The van der Waals surface area contributed by atoms with Crippen LogP contribution in [0.2, 0.25) is 0 Å². The topological polar surface area (TPSA) is 107 Å². The van der Waals surface area contributed by atoms with Crippen molar-refractivity contribution in [2.75, 3.05) is 28.6 Å². The first-order chi connectivity index (χ1) is 17.5. The predicted octanol–water partition coefficient (Wildman–Crippen LogP) is 3.86. The molecular weight excluding hydrogens is 454 g/mol. The number of rotatable bonds is 6. The van der Waals surface area contributed by atoms with E-state index >= 15 is 0 Å². The molecule has 3 aromatic rings. The lowest BCUT2D eigenvalue weighted by Gasteiger charge is -2.33. The van der Waals surface area contributed by atoms with E-state index in [1.54, 1.807) is 0 Å². The molecule has 5 rings (SSSR count). The summed E-state index contributed by atoms with van der Waals surface area (Å²) in [5, 5.41) is 5.55. The highest BCUT2D eigenvalue weighted by Gasteiger charge is 2.35. The monoisotopic (exact) mass is 485 g/mol. The summed E-state index contributed by atoms with van der Waals surface area (Å²) in [6.45, 7) is 3.60. The van der Waals surface area contributed by atoms with Gasteiger partial charge in [0.15, 0.2) is 0 Å². The Bertz CT molecular complexity index is 1300. The van der Waals surface area contributed by atoms with Crippen LogP contribution in [-0.4, -0.2) is 34.9 Å². The van der Waals surface area contributed by atoms with Gasteiger partial charge in [0.25, 0.3) is 5.56 Å². The molecule has 2 aliphatic rings. The number of fused-ring (bicyclic) bond motifs is 1. The van der Waals surface area contributed by atoms with Crippen molar-refractivity contribution < 1.29 is 9.59 Å². The maximum atomic E-state index is 13.1. The number of piperidine rings is 1. The van der Waals surface area contributed by atoms with E-state index in [0.29, 0.717) is 17.6 Å². The molecule has 1 aromatic heterocycles. The van der Waals surface area contributed by atoms with Crippen LogP contribution in [-0.2, 0) is 22.4 Å². The summed E-state index contributed by atoms with van der Waals surface area (Å²) in [4.78, 5) is 48.1. The van der Waals surface area contributed by atoms with E-state index in [-0.39, 0.29) is 29.3 Å². The highest BCUT2D eigenvalue weighted by Crippen LogP contribution is 2.31. The second-order valence-corrected chi connectivity index (χ2v) is 9.62. The summed E-state index contributed by atoms with van der Waals surface area (Å²) in [5.41, 5.74) is 2.95. The molecule has 0 spiro atoms. The highest BCUT2D eigenvalue weighted by atomic mass is 16.2. The molecule has 2 amide bonds. The minimum Gasteiger partial charge on any atom is -0.342 e. The van der Waals surface area contributed by atoms with Gasteiger partial charge >= 0.3 is 0 Å². The number of carbonyl (C=O) groups excluding carboxylic acids is 2. The molecular formula is C28H31N5O3. The molecule has 2 aromatic carbocycles. The second kappa shape index (κ2) is 10.4. The van der Waals surface area contributed by atoms with Gasteiger partial charge in [-0.2, -0.15) is 4.98 Å². The summed E-state index contributed by atoms with van der Waals surface area (Å²) in [5.74, 6) is -0.424. The third-order valence-electron chi connectivity index (χ3n) is 7.17. The van der Waals surface area contributed by atoms with Gasteiger partial charge in [0, 0.05) is 25.2 Å². The Labute approximate surface area is 210 Å². The molecule has 0 bridgehead atoms. The normalized spacial score (nSPS) is 17.9. The van der Waals surface area contributed by atoms with Gasteiger partial charge in [-0.25, -0.2) is 0 Å². The summed E-state index contributed by atoms with van der Waals surface area (Å²) >= 11 is 0. The molecule has 8 nitrogen and oxygen atoms in total. The average molecular weight is 486 g/mol.